The maximum Gasteiger partial charge on any atom is 0.311 e. The molecule has 0 aliphatic carbocycles. The van der Waals surface area contributed by atoms with Gasteiger partial charge in [0.1, 0.15) is 0 Å². The highest BCUT2D eigenvalue weighted by molar-refractivity contribution is 5.79. The molecule has 1 saturated heterocycles. The van der Waals surface area contributed by atoms with E-state index in [9.17, 15) is 14.7 Å². The van der Waals surface area contributed by atoms with Crippen LogP contribution < -0.4 is 0 Å². The Labute approximate surface area is 113 Å². The van der Waals surface area contributed by atoms with Crippen molar-refractivity contribution in [2.75, 3.05) is 40.0 Å². The summed E-state index contributed by atoms with van der Waals surface area (Å²) in [7, 11) is 1.59. The average Bonchev–Trinajstić information content (AvgIpc) is 2.38. The Hall–Kier alpha value is -1.14. The quantitative estimate of drug-likeness (QED) is 0.693. The van der Waals surface area contributed by atoms with Gasteiger partial charge in [-0.1, -0.05) is 0 Å². The summed E-state index contributed by atoms with van der Waals surface area (Å²) in [5.41, 5.74) is -0.815. The Morgan fingerprint density at radius 2 is 2.05 bits per heavy atom. The predicted octanol–water partition coefficient (Wildman–Crippen LogP) is 0.753. The third-order valence-electron chi connectivity index (χ3n) is 3.46. The molecule has 19 heavy (non-hydrogen) atoms. The standard InChI is InChI=1S/C13H23NO5/c1-13(12(16)17)5-3-6-14(10-13)11(15)4-7-19-9-8-18-2/h3-10H2,1-2H3,(H,16,17). The Kier molecular flexibility index (Phi) is 6.24. The second kappa shape index (κ2) is 7.45. The molecule has 0 saturated carbocycles. The normalized spacial score (nSPS) is 23.4. The fourth-order valence-electron chi connectivity index (χ4n) is 2.19. The van der Waals surface area contributed by atoms with Crippen LogP contribution in [0.4, 0.5) is 0 Å². The van der Waals surface area contributed by atoms with Crippen molar-refractivity contribution in [3.63, 3.8) is 0 Å². The third-order valence-corrected chi connectivity index (χ3v) is 3.46. The van der Waals surface area contributed by atoms with Crippen LogP contribution >= 0.6 is 0 Å². The molecule has 0 aromatic rings. The molecule has 0 bridgehead atoms. The highest BCUT2D eigenvalue weighted by Crippen LogP contribution is 2.29. The van der Waals surface area contributed by atoms with Crippen LogP contribution in [0.25, 0.3) is 0 Å². The SMILES string of the molecule is COCCOCCC(=O)N1CCCC(C)(C(=O)O)C1. The van der Waals surface area contributed by atoms with Crippen LogP contribution in [-0.4, -0.2) is 61.9 Å². The number of hydrogen-bond acceptors (Lipinski definition) is 4. The number of amides is 1. The number of nitrogens with zero attached hydrogens (tertiary/aromatic N) is 1. The molecule has 0 aromatic carbocycles. The molecule has 0 radical (unpaired) electrons. The van der Waals surface area contributed by atoms with E-state index in [1.807, 2.05) is 0 Å². The van der Waals surface area contributed by atoms with Gasteiger partial charge in [-0.15, -0.1) is 0 Å². The van der Waals surface area contributed by atoms with E-state index in [-0.39, 0.29) is 5.91 Å². The first-order valence-electron chi connectivity index (χ1n) is 6.57. The molecule has 6 heteroatoms. The van der Waals surface area contributed by atoms with Gasteiger partial charge in [0.25, 0.3) is 0 Å². The number of piperidine rings is 1. The molecule has 1 atom stereocenters. The molecule has 1 aliphatic rings. The van der Waals surface area contributed by atoms with Crippen molar-refractivity contribution in [3.05, 3.63) is 0 Å². The summed E-state index contributed by atoms with van der Waals surface area (Å²) in [6.45, 7) is 3.96. The van der Waals surface area contributed by atoms with Gasteiger partial charge in [-0.05, 0) is 19.8 Å². The Balaban J connectivity index is 2.34. The van der Waals surface area contributed by atoms with Gasteiger partial charge < -0.3 is 19.5 Å². The molecule has 6 nitrogen and oxygen atoms in total. The Morgan fingerprint density at radius 3 is 2.68 bits per heavy atom. The van der Waals surface area contributed by atoms with E-state index in [2.05, 4.69) is 0 Å². The largest absolute Gasteiger partial charge is 0.481 e. The van der Waals surface area contributed by atoms with Crippen LogP contribution in [0, 0.1) is 5.41 Å². The highest BCUT2D eigenvalue weighted by Gasteiger charge is 2.39. The topological polar surface area (TPSA) is 76.1 Å². The van der Waals surface area contributed by atoms with Crippen LogP contribution in [0.15, 0.2) is 0 Å². The second-order valence-corrected chi connectivity index (χ2v) is 5.14. The number of methoxy groups -OCH3 is 1. The number of ether oxygens (including phenoxy) is 2. The molecule has 0 aromatic heterocycles. The summed E-state index contributed by atoms with van der Waals surface area (Å²) in [6, 6.07) is 0. The molecule has 1 heterocycles. The van der Waals surface area contributed by atoms with Crippen molar-refractivity contribution >= 4 is 11.9 Å². The van der Waals surface area contributed by atoms with Crippen molar-refractivity contribution in [2.45, 2.75) is 26.2 Å². The van der Waals surface area contributed by atoms with E-state index in [4.69, 9.17) is 9.47 Å². The number of carboxylic acid groups (broad SMARTS) is 1. The van der Waals surface area contributed by atoms with Crippen molar-refractivity contribution in [3.8, 4) is 0 Å². The molecule has 0 spiro atoms. The number of aliphatic carboxylic acids is 1. The molecule has 1 fully saturated rings. The first-order valence-corrected chi connectivity index (χ1v) is 6.57. The molecule has 1 rings (SSSR count). The van der Waals surface area contributed by atoms with Crippen molar-refractivity contribution in [1.29, 1.82) is 0 Å². The minimum atomic E-state index is -0.832. The summed E-state index contributed by atoms with van der Waals surface area (Å²) in [6.07, 6.45) is 1.65. The van der Waals surface area contributed by atoms with Crippen LogP contribution in [0.3, 0.4) is 0 Å². The van der Waals surface area contributed by atoms with E-state index >= 15 is 0 Å². The average molecular weight is 273 g/mol. The number of carboxylic acids is 1. The minimum absolute atomic E-state index is 0.0374. The molecule has 1 amide bonds. The van der Waals surface area contributed by atoms with Gasteiger partial charge in [0, 0.05) is 20.2 Å². The Morgan fingerprint density at radius 1 is 1.32 bits per heavy atom. The van der Waals surface area contributed by atoms with Gasteiger partial charge in [0.05, 0.1) is 31.7 Å². The van der Waals surface area contributed by atoms with E-state index < -0.39 is 11.4 Å². The number of hydrogen-bond donors (Lipinski definition) is 1. The molecule has 110 valence electrons. The van der Waals surface area contributed by atoms with Gasteiger partial charge in [0.2, 0.25) is 5.91 Å². The summed E-state index contributed by atoms with van der Waals surface area (Å²) >= 11 is 0. The summed E-state index contributed by atoms with van der Waals surface area (Å²) in [5, 5.41) is 9.19. The zero-order chi connectivity index (χ0) is 14.3. The number of rotatable bonds is 7. The van der Waals surface area contributed by atoms with E-state index in [0.717, 1.165) is 6.42 Å². The molecule has 1 aliphatic heterocycles. The third kappa shape index (κ3) is 4.80. The van der Waals surface area contributed by atoms with Crippen molar-refractivity contribution < 1.29 is 24.2 Å². The van der Waals surface area contributed by atoms with Crippen LogP contribution in [0.2, 0.25) is 0 Å². The zero-order valence-electron chi connectivity index (χ0n) is 11.7. The van der Waals surface area contributed by atoms with Gasteiger partial charge in [-0.25, -0.2) is 0 Å². The lowest BCUT2D eigenvalue weighted by Crippen LogP contribution is -2.48. The van der Waals surface area contributed by atoms with Gasteiger partial charge in [-0.2, -0.15) is 0 Å². The van der Waals surface area contributed by atoms with Crippen LogP contribution in [0.5, 0.6) is 0 Å². The van der Waals surface area contributed by atoms with Crippen molar-refractivity contribution in [1.82, 2.24) is 4.90 Å². The van der Waals surface area contributed by atoms with E-state index in [0.29, 0.717) is 45.8 Å². The van der Waals surface area contributed by atoms with E-state index in [1.165, 1.54) is 0 Å². The van der Waals surface area contributed by atoms with Crippen molar-refractivity contribution in [2.24, 2.45) is 5.41 Å². The van der Waals surface area contributed by atoms with Gasteiger partial charge in [0.15, 0.2) is 0 Å². The van der Waals surface area contributed by atoms with Crippen LogP contribution in [0.1, 0.15) is 26.2 Å². The van der Waals surface area contributed by atoms with E-state index in [1.54, 1.807) is 18.9 Å². The number of carbonyl (C=O) groups excluding carboxylic acids is 1. The molecule has 1 N–H and O–H groups in total. The molecular formula is C13H23NO5. The number of likely N-dealkylation sites (tertiary alicyclic amines) is 1. The molecule has 1 unspecified atom stereocenters. The highest BCUT2D eigenvalue weighted by atomic mass is 16.5. The smallest absolute Gasteiger partial charge is 0.311 e. The second-order valence-electron chi connectivity index (χ2n) is 5.14. The fourth-order valence-corrected chi connectivity index (χ4v) is 2.19. The summed E-state index contributed by atoms with van der Waals surface area (Å²) in [5.74, 6) is -0.870. The maximum atomic E-state index is 12.0. The minimum Gasteiger partial charge on any atom is -0.481 e. The lowest BCUT2D eigenvalue weighted by molar-refractivity contribution is -0.153. The zero-order valence-corrected chi connectivity index (χ0v) is 11.7. The monoisotopic (exact) mass is 273 g/mol. The summed E-state index contributed by atoms with van der Waals surface area (Å²) in [4.78, 5) is 24.8. The predicted molar refractivity (Wildman–Crippen MR) is 68.9 cm³/mol. The van der Waals surface area contributed by atoms with Gasteiger partial charge in [-0.3, -0.25) is 9.59 Å². The first kappa shape index (κ1) is 15.9. The van der Waals surface area contributed by atoms with Crippen LogP contribution in [-0.2, 0) is 19.1 Å². The lowest BCUT2D eigenvalue weighted by atomic mass is 9.82. The Bertz CT molecular complexity index is 320. The molecular weight excluding hydrogens is 250 g/mol. The first-order chi connectivity index (χ1) is 8.99. The fraction of sp³-hybridized carbons (Fsp3) is 0.846. The number of carbonyl (C=O) groups is 2. The lowest BCUT2D eigenvalue weighted by Gasteiger charge is -2.37. The van der Waals surface area contributed by atoms with Gasteiger partial charge >= 0.3 is 5.97 Å². The summed E-state index contributed by atoms with van der Waals surface area (Å²) < 4.78 is 10.1. The maximum absolute atomic E-state index is 12.0.